The molecule has 0 saturated heterocycles. The van der Waals surface area contributed by atoms with Crippen molar-refractivity contribution in [3.05, 3.63) is 48.0 Å². The van der Waals surface area contributed by atoms with Gasteiger partial charge in [-0.15, -0.1) is 0 Å². The first kappa shape index (κ1) is 14.0. The Hall–Kier alpha value is -1.46. The van der Waals surface area contributed by atoms with Gasteiger partial charge in [0.1, 0.15) is 5.82 Å². The number of halogens is 1. The number of nitrogens with one attached hydrogen (secondary N) is 1. The first-order valence-electron chi connectivity index (χ1n) is 6.23. The molecule has 0 unspecified atom stereocenters. The Morgan fingerprint density at radius 3 is 2.47 bits per heavy atom. The molecule has 0 aliphatic rings. The van der Waals surface area contributed by atoms with Gasteiger partial charge >= 0.3 is 0 Å². The molecule has 0 radical (unpaired) electrons. The Bertz CT molecular complexity index is 499. The predicted octanol–water partition coefficient (Wildman–Crippen LogP) is 3.27. The molecule has 1 aromatic heterocycles. The van der Waals surface area contributed by atoms with E-state index in [1.54, 1.807) is 12.1 Å². The molecule has 0 atom stereocenters. The fraction of sp³-hybridized carbons (Fsp3) is 0.286. The molecule has 0 saturated carbocycles. The van der Waals surface area contributed by atoms with Crippen molar-refractivity contribution in [2.24, 2.45) is 0 Å². The monoisotopic (exact) mass is 277 g/mol. The summed E-state index contributed by atoms with van der Waals surface area (Å²) in [5.74, 6) is -0.234. The molecule has 100 valence electrons. The molecule has 1 N–H and O–H groups in total. The second-order valence-corrected chi connectivity index (χ2v) is 5.15. The zero-order chi connectivity index (χ0) is 13.5. The van der Waals surface area contributed by atoms with E-state index in [1.165, 1.54) is 23.9 Å². The third-order valence-corrected chi connectivity index (χ3v) is 3.36. The van der Waals surface area contributed by atoms with Crippen molar-refractivity contribution in [1.82, 2.24) is 15.3 Å². The molecule has 19 heavy (non-hydrogen) atoms. The van der Waals surface area contributed by atoms with Crippen molar-refractivity contribution < 1.29 is 4.39 Å². The highest BCUT2D eigenvalue weighted by Gasteiger charge is 2.01. The van der Waals surface area contributed by atoms with E-state index in [2.05, 4.69) is 22.2 Å². The molecule has 0 aliphatic heterocycles. The number of aromatic nitrogens is 2. The van der Waals surface area contributed by atoms with Crippen LogP contribution in [0.2, 0.25) is 0 Å². The third-order valence-electron chi connectivity index (χ3n) is 2.46. The van der Waals surface area contributed by atoms with Crippen molar-refractivity contribution in [3.63, 3.8) is 0 Å². The van der Waals surface area contributed by atoms with Crippen LogP contribution in [0.25, 0.3) is 0 Å². The normalized spacial score (nSPS) is 10.6. The smallest absolute Gasteiger partial charge is 0.192 e. The molecule has 0 bridgehead atoms. The van der Waals surface area contributed by atoms with E-state index in [1.807, 2.05) is 12.4 Å². The molecule has 1 aromatic carbocycles. The van der Waals surface area contributed by atoms with Crippen LogP contribution < -0.4 is 5.32 Å². The molecule has 0 spiro atoms. The molecule has 0 aliphatic carbocycles. The van der Waals surface area contributed by atoms with Gasteiger partial charge in [-0.25, -0.2) is 14.4 Å². The summed E-state index contributed by atoms with van der Waals surface area (Å²) in [4.78, 5) is 9.52. The van der Waals surface area contributed by atoms with Crippen molar-refractivity contribution in [1.29, 1.82) is 0 Å². The van der Waals surface area contributed by atoms with E-state index in [0.717, 1.165) is 30.0 Å². The van der Waals surface area contributed by atoms with Crippen LogP contribution >= 0.6 is 11.8 Å². The summed E-state index contributed by atoms with van der Waals surface area (Å²) in [5, 5.41) is 3.97. The van der Waals surface area contributed by atoms with Crippen molar-refractivity contribution in [2.75, 3.05) is 6.54 Å². The maximum Gasteiger partial charge on any atom is 0.192 e. The molecular weight excluding hydrogens is 261 g/mol. The second-order valence-electron chi connectivity index (χ2n) is 4.11. The van der Waals surface area contributed by atoms with Crippen LogP contribution in [-0.2, 0) is 6.54 Å². The standard InChI is InChI=1S/C14H16FN3S/c1-2-7-16-8-11-9-17-14(18-10-11)19-13-5-3-12(15)4-6-13/h3-6,9-10,16H,2,7-8H2,1H3. The van der Waals surface area contributed by atoms with Gasteiger partial charge in [0.25, 0.3) is 0 Å². The summed E-state index contributed by atoms with van der Waals surface area (Å²) in [6, 6.07) is 6.32. The van der Waals surface area contributed by atoms with Crippen LogP contribution in [0.3, 0.4) is 0 Å². The van der Waals surface area contributed by atoms with Gasteiger partial charge in [0.05, 0.1) is 0 Å². The topological polar surface area (TPSA) is 37.8 Å². The highest BCUT2D eigenvalue weighted by atomic mass is 32.2. The molecule has 1 heterocycles. The Balaban J connectivity index is 1.92. The lowest BCUT2D eigenvalue weighted by Gasteiger charge is -2.04. The van der Waals surface area contributed by atoms with Crippen LogP contribution in [-0.4, -0.2) is 16.5 Å². The minimum Gasteiger partial charge on any atom is -0.313 e. The lowest BCUT2D eigenvalue weighted by atomic mass is 10.3. The van der Waals surface area contributed by atoms with Crippen LogP contribution in [0.4, 0.5) is 4.39 Å². The number of rotatable bonds is 6. The van der Waals surface area contributed by atoms with Crippen LogP contribution in [0.5, 0.6) is 0 Å². The minimum absolute atomic E-state index is 0.234. The quantitative estimate of drug-likeness (QED) is 0.649. The summed E-state index contributed by atoms with van der Waals surface area (Å²) in [6.07, 6.45) is 4.75. The van der Waals surface area contributed by atoms with E-state index in [9.17, 15) is 4.39 Å². The number of benzene rings is 1. The van der Waals surface area contributed by atoms with Gasteiger partial charge in [-0.1, -0.05) is 6.92 Å². The molecule has 3 nitrogen and oxygen atoms in total. The zero-order valence-corrected chi connectivity index (χ0v) is 11.6. The van der Waals surface area contributed by atoms with Crippen LogP contribution in [0, 0.1) is 5.82 Å². The largest absolute Gasteiger partial charge is 0.313 e. The van der Waals surface area contributed by atoms with Gasteiger partial charge < -0.3 is 5.32 Å². The van der Waals surface area contributed by atoms with Crippen molar-refractivity contribution >= 4 is 11.8 Å². The number of hydrogen-bond acceptors (Lipinski definition) is 4. The van der Waals surface area contributed by atoms with Crippen LogP contribution in [0.1, 0.15) is 18.9 Å². The molecule has 2 rings (SSSR count). The Morgan fingerprint density at radius 2 is 1.84 bits per heavy atom. The molecule has 0 fully saturated rings. The maximum absolute atomic E-state index is 12.8. The summed E-state index contributed by atoms with van der Waals surface area (Å²) in [7, 11) is 0. The number of hydrogen-bond donors (Lipinski definition) is 1. The average Bonchev–Trinajstić information content (AvgIpc) is 2.44. The first-order chi connectivity index (χ1) is 9.28. The Morgan fingerprint density at radius 1 is 1.16 bits per heavy atom. The lowest BCUT2D eigenvalue weighted by molar-refractivity contribution is 0.626. The Kier molecular flexibility index (Phi) is 5.30. The van der Waals surface area contributed by atoms with E-state index >= 15 is 0 Å². The minimum atomic E-state index is -0.234. The maximum atomic E-state index is 12.8. The van der Waals surface area contributed by atoms with E-state index in [4.69, 9.17) is 0 Å². The second kappa shape index (κ2) is 7.21. The van der Waals surface area contributed by atoms with Gasteiger partial charge in [0.2, 0.25) is 0 Å². The average molecular weight is 277 g/mol. The van der Waals surface area contributed by atoms with Gasteiger partial charge in [-0.2, -0.15) is 0 Å². The SMILES string of the molecule is CCCNCc1cnc(Sc2ccc(F)cc2)nc1. The highest BCUT2D eigenvalue weighted by Crippen LogP contribution is 2.24. The van der Waals surface area contributed by atoms with Crippen molar-refractivity contribution in [2.45, 2.75) is 29.9 Å². The zero-order valence-electron chi connectivity index (χ0n) is 10.8. The molecule has 0 amide bonds. The Labute approximate surface area is 116 Å². The number of nitrogens with zero attached hydrogens (tertiary/aromatic N) is 2. The van der Waals surface area contributed by atoms with E-state index in [0.29, 0.717) is 5.16 Å². The fourth-order valence-electron chi connectivity index (χ4n) is 1.50. The predicted molar refractivity (Wildman–Crippen MR) is 74.6 cm³/mol. The lowest BCUT2D eigenvalue weighted by Crippen LogP contribution is -2.14. The molecular formula is C14H16FN3S. The van der Waals surface area contributed by atoms with Gasteiger partial charge in [-0.3, -0.25) is 0 Å². The fourth-order valence-corrected chi connectivity index (χ4v) is 2.20. The molecule has 2 aromatic rings. The van der Waals surface area contributed by atoms with Crippen LogP contribution in [0.15, 0.2) is 46.7 Å². The summed E-state index contributed by atoms with van der Waals surface area (Å²) in [5.41, 5.74) is 1.07. The third kappa shape index (κ3) is 4.61. The molecule has 5 heteroatoms. The summed E-state index contributed by atoms with van der Waals surface area (Å²) >= 11 is 1.42. The van der Waals surface area contributed by atoms with Gasteiger partial charge in [0.15, 0.2) is 5.16 Å². The highest BCUT2D eigenvalue weighted by molar-refractivity contribution is 7.99. The first-order valence-corrected chi connectivity index (χ1v) is 7.04. The van der Waals surface area contributed by atoms with Crippen molar-refractivity contribution in [3.8, 4) is 0 Å². The summed E-state index contributed by atoms with van der Waals surface area (Å²) in [6.45, 7) is 3.91. The van der Waals surface area contributed by atoms with E-state index in [-0.39, 0.29) is 5.82 Å². The van der Waals surface area contributed by atoms with E-state index < -0.39 is 0 Å². The van der Waals surface area contributed by atoms with Gasteiger partial charge in [-0.05, 0) is 49.0 Å². The van der Waals surface area contributed by atoms with Gasteiger partial charge in [0, 0.05) is 29.4 Å². The summed E-state index contributed by atoms with van der Waals surface area (Å²) < 4.78 is 12.8.